The van der Waals surface area contributed by atoms with Crippen molar-refractivity contribution < 1.29 is 50.1 Å². The van der Waals surface area contributed by atoms with E-state index < -0.39 is 46.5 Å². The maximum absolute atomic E-state index is 8.46. The summed E-state index contributed by atoms with van der Waals surface area (Å²) in [5.41, 5.74) is 1.33. The van der Waals surface area contributed by atoms with Gasteiger partial charge in [0.25, 0.3) is 0 Å². The van der Waals surface area contributed by atoms with Crippen LogP contribution >= 0.6 is 0 Å². The third-order valence-electron chi connectivity index (χ3n) is 1.56. The van der Waals surface area contributed by atoms with E-state index in [-0.39, 0.29) is 31.6 Å². The van der Waals surface area contributed by atoms with E-state index in [0.717, 1.165) is 0 Å². The van der Waals surface area contributed by atoms with Crippen LogP contribution in [0.25, 0.3) is 0 Å². The number of rotatable bonds is 1. The number of hydrogen-bond acceptors (Lipinski definition) is 6. The van der Waals surface area contributed by atoms with Crippen molar-refractivity contribution in [3.05, 3.63) is 42.8 Å². The molecule has 10 heteroatoms. The smallest absolute Gasteiger partial charge is 4.00 e. The van der Waals surface area contributed by atoms with Gasteiger partial charge in [-0.05, 0) is 0 Å². The first kappa shape index (κ1) is 28.6. The molecule has 1 aromatic rings. The summed E-state index contributed by atoms with van der Waals surface area (Å²) in [4.78, 5) is 0. The number of hydrogen-bond donors (Lipinski definition) is 0. The normalized spacial score (nSPS) is 6.95. The minimum atomic E-state index is -1.75. The fraction of sp³-hybridized carbons (Fsp3) is 0.300. The van der Waals surface area contributed by atoms with Crippen molar-refractivity contribution >= 4 is 46.5 Å². The standard InChI is InChI=1S/C10H13.3Al.6O.Zr/c1-10(2,3)9-7-5-4-6-8-9;;;;;;;;;;/h4-8H,1H2,2-3H3;;;;;;;;;;/q-1;;;;;;;3*-1;+4. The van der Waals surface area contributed by atoms with E-state index in [1.165, 1.54) is 5.56 Å². The largest absolute Gasteiger partial charge is 4.00 e. The zero-order valence-electron chi connectivity index (χ0n) is 11.3. The van der Waals surface area contributed by atoms with Crippen molar-refractivity contribution in [1.29, 1.82) is 0 Å². The van der Waals surface area contributed by atoms with E-state index in [9.17, 15) is 0 Å². The van der Waals surface area contributed by atoms with Gasteiger partial charge in [-0.15, -0.1) is 5.41 Å². The van der Waals surface area contributed by atoms with Crippen LogP contribution in [0.5, 0.6) is 0 Å². The topological polar surface area (TPSA) is 120 Å². The molecule has 0 radical (unpaired) electrons. The molecule has 0 N–H and O–H groups in total. The summed E-state index contributed by atoms with van der Waals surface area (Å²) >= 11 is -5.25. The minimum absolute atomic E-state index is 0. The van der Waals surface area contributed by atoms with Crippen LogP contribution in [0.4, 0.5) is 0 Å². The zero-order chi connectivity index (χ0) is 15.7. The third-order valence-corrected chi connectivity index (χ3v) is 1.56. The second kappa shape index (κ2) is 21.8. The van der Waals surface area contributed by atoms with Crippen molar-refractivity contribution in [1.82, 2.24) is 0 Å². The van der Waals surface area contributed by atoms with E-state index >= 15 is 0 Å². The molecule has 0 fully saturated rings. The molecule has 0 amide bonds. The van der Waals surface area contributed by atoms with Gasteiger partial charge in [-0.2, -0.15) is 0 Å². The molecule has 0 spiro atoms. The molecule has 0 unspecified atom stereocenters. The van der Waals surface area contributed by atoms with Crippen LogP contribution in [0.2, 0.25) is 0 Å². The van der Waals surface area contributed by atoms with Crippen molar-refractivity contribution in [3.63, 3.8) is 0 Å². The van der Waals surface area contributed by atoms with E-state index in [4.69, 9.17) is 23.9 Å². The molecule has 1 rings (SSSR count). The zero-order valence-corrected chi connectivity index (χ0v) is 17.2. The molecule has 0 aromatic heterocycles. The van der Waals surface area contributed by atoms with Gasteiger partial charge < -0.3 is 6.92 Å². The Balaban J connectivity index is -0.000000108. The molecule has 0 saturated carbocycles. The summed E-state index contributed by atoms with van der Waals surface area (Å²) in [6.45, 7) is 8.27. The fourth-order valence-corrected chi connectivity index (χ4v) is 0.889. The molecule has 102 valence electrons. The van der Waals surface area contributed by atoms with Gasteiger partial charge in [0.05, 0.1) is 0 Å². The maximum Gasteiger partial charge on any atom is 4.00 e. The molecular formula is C10H13Al3O6Zr. The first-order valence-corrected chi connectivity index (χ1v) is 7.76. The monoisotopic (exact) mass is 400 g/mol. The van der Waals surface area contributed by atoms with Crippen molar-refractivity contribution in [3.8, 4) is 0 Å². The summed E-state index contributed by atoms with van der Waals surface area (Å²) in [6, 6.07) is 10.3. The molecule has 0 aliphatic rings. The molecule has 0 aliphatic carbocycles. The Bertz CT molecular complexity index is 317. The van der Waals surface area contributed by atoms with Crippen molar-refractivity contribution in [2.45, 2.75) is 19.3 Å². The molecule has 0 aliphatic heterocycles. The predicted octanol–water partition coefficient (Wildman–Crippen LogP) is -2.27. The fourth-order valence-electron chi connectivity index (χ4n) is 0.889. The Morgan fingerprint density at radius 2 is 1.15 bits per heavy atom. The Morgan fingerprint density at radius 1 is 0.900 bits per heavy atom. The van der Waals surface area contributed by atoms with Gasteiger partial charge in [-0.25, -0.2) is 0 Å². The second-order valence-electron chi connectivity index (χ2n) is 3.54. The molecule has 6 nitrogen and oxygen atoms in total. The van der Waals surface area contributed by atoms with Gasteiger partial charge in [0.1, 0.15) is 0 Å². The second-order valence-corrected chi connectivity index (χ2v) is 4.12. The SMILES string of the molecule is [CH2-]C(C)(C)c1ccccc1.[O]=[Al][O-].[O]=[Al][O-].[O]=[Al][O-].[Zr+4]. The molecule has 0 saturated heterocycles. The van der Waals surface area contributed by atoms with Crippen LogP contribution in [0.1, 0.15) is 19.4 Å². The summed E-state index contributed by atoms with van der Waals surface area (Å²) in [5, 5.41) is 0. The van der Waals surface area contributed by atoms with Gasteiger partial charge in [-0.1, -0.05) is 49.7 Å². The van der Waals surface area contributed by atoms with Gasteiger partial charge in [0.2, 0.25) is 0 Å². The first-order valence-electron chi connectivity index (χ1n) is 4.93. The van der Waals surface area contributed by atoms with Gasteiger partial charge in [0.15, 0.2) is 0 Å². The van der Waals surface area contributed by atoms with E-state index in [0.29, 0.717) is 0 Å². The van der Waals surface area contributed by atoms with Gasteiger partial charge in [-0.3, -0.25) is 0 Å². The van der Waals surface area contributed by atoms with Crippen LogP contribution in [0.3, 0.4) is 0 Å². The average molecular weight is 401 g/mol. The molecule has 0 heterocycles. The molecule has 0 bridgehead atoms. The van der Waals surface area contributed by atoms with Crippen LogP contribution in [-0.2, 0) is 43.0 Å². The predicted molar refractivity (Wildman–Crippen MR) is 64.1 cm³/mol. The third kappa shape index (κ3) is 26.9. The van der Waals surface area contributed by atoms with Crippen LogP contribution in [-0.4, -0.2) is 46.5 Å². The quantitative estimate of drug-likeness (QED) is 0.387. The van der Waals surface area contributed by atoms with E-state index in [2.05, 4.69) is 32.9 Å². The molecule has 1 aromatic carbocycles. The van der Waals surface area contributed by atoms with Crippen molar-refractivity contribution in [2.75, 3.05) is 0 Å². The van der Waals surface area contributed by atoms with Crippen LogP contribution in [0.15, 0.2) is 30.3 Å². The minimum Gasteiger partial charge on any atom is 4.00 e. The summed E-state index contributed by atoms with van der Waals surface area (Å²) in [6.07, 6.45) is 0. The molecule has 0 atom stereocenters. The van der Waals surface area contributed by atoms with Crippen LogP contribution < -0.4 is 12.5 Å². The van der Waals surface area contributed by atoms with Gasteiger partial charge in [0, 0.05) is 0 Å². The van der Waals surface area contributed by atoms with E-state index in [1.807, 2.05) is 18.2 Å². The first-order chi connectivity index (χ1) is 8.85. The summed E-state index contributed by atoms with van der Waals surface area (Å²) in [5.74, 6) is 0. The summed E-state index contributed by atoms with van der Waals surface area (Å²) in [7, 11) is 0. The summed E-state index contributed by atoms with van der Waals surface area (Å²) < 4.78 is 50.8. The average Bonchev–Trinajstić information content (AvgIpc) is 2.32. The number of benzene rings is 1. The Kier molecular flexibility index (Phi) is 31.2. The Hall–Kier alpha value is 0.501. The molecular weight excluding hydrogens is 388 g/mol. The Morgan fingerprint density at radius 3 is 1.30 bits per heavy atom. The maximum atomic E-state index is 8.46. The Labute approximate surface area is 157 Å². The van der Waals surface area contributed by atoms with Crippen LogP contribution in [0, 0.1) is 6.92 Å². The van der Waals surface area contributed by atoms with Gasteiger partial charge >= 0.3 is 96.6 Å². The van der Waals surface area contributed by atoms with Crippen molar-refractivity contribution in [2.24, 2.45) is 0 Å². The van der Waals surface area contributed by atoms with E-state index in [1.54, 1.807) is 0 Å². The molecule has 20 heavy (non-hydrogen) atoms.